The number of amides is 4. The maximum absolute atomic E-state index is 11.8. The van der Waals surface area contributed by atoms with E-state index in [1.165, 1.54) is 4.90 Å². The number of carbonyl (C=O) groups is 3. The van der Waals surface area contributed by atoms with Crippen LogP contribution < -0.4 is 15.4 Å². The highest BCUT2D eigenvalue weighted by Gasteiger charge is 2.22. The Bertz CT molecular complexity index is 828. The van der Waals surface area contributed by atoms with Crippen LogP contribution in [0.2, 0.25) is 0 Å². The molecule has 28 heavy (non-hydrogen) atoms. The van der Waals surface area contributed by atoms with E-state index >= 15 is 0 Å². The highest BCUT2D eigenvalue weighted by atomic mass is 16.5. The molecule has 0 unspecified atom stereocenters. The van der Waals surface area contributed by atoms with Crippen LogP contribution in [-0.4, -0.2) is 64.2 Å². The molecule has 1 fully saturated rings. The highest BCUT2D eigenvalue weighted by Crippen LogP contribution is 2.16. The molecule has 2 aromatic heterocycles. The fourth-order valence-electron chi connectivity index (χ4n) is 2.56. The zero-order chi connectivity index (χ0) is 19.8. The van der Waals surface area contributed by atoms with Crippen LogP contribution in [0.1, 0.15) is 12.8 Å². The summed E-state index contributed by atoms with van der Waals surface area (Å²) in [6.45, 7) is 1.13. The predicted molar refractivity (Wildman–Crippen MR) is 98.1 cm³/mol. The van der Waals surface area contributed by atoms with E-state index in [9.17, 15) is 14.4 Å². The molecule has 0 atom stereocenters. The summed E-state index contributed by atoms with van der Waals surface area (Å²) < 4.78 is 5.46. The molecule has 3 heterocycles. The number of rotatable bonds is 8. The predicted octanol–water partition coefficient (Wildman–Crippen LogP) is 0.366. The normalized spacial score (nSPS) is 13.8. The second-order valence-electron chi connectivity index (χ2n) is 6.03. The van der Waals surface area contributed by atoms with Crippen molar-refractivity contribution in [2.75, 3.05) is 26.2 Å². The topological polar surface area (TPSA) is 126 Å². The Morgan fingerprint density at radius 3 is 2.71 bits per heavy atom. The highest BCUT2D eigenvalue weighted by molar-refractivity contribution is 5.96. The Morgan fingerprint density at radius 1 is 1.18 bits per heavy atom. The van der Waals surface area contributed by atoms with Gasteiger partial charge in [0.25, 0.3) is 0 Å². The number of urea groups is 1. The van der Waals surface area contributed by atoms with Gasteiger partial charge in [0.1, 0.15) is 6.61 Å². The van der Waals surface area contributed by atoms with E-state index in [4.69, 9.17) is 4.74 Å². The van der Waals surface area contributed by atoms with Gasteiger partial charge < -0.3 is 15.0 Å². The Kier molecular flexibility index (Phi) is 6.45. The van der Waals surface area contributed by atoms with Gasteiger partial charge in [-0.1, -0.05) is 0 Å². The summed E-state index contributed by atoms with van der Waals surface area (Å²) in [6.07, 6.45) is 3.77. The molecular weight excluding hydrogens is 364 g/mol. The molecule has 10 heteroatoms. The second-order valence-corrected chi connectivity index (χ2v) is 6.03. The number of nitrogens with zero attached hydrogens (tertiary/aromatic N) is 4. The van der Waals surface area contributed by atoms with Gasteiger partial charge >= 0.3 is 6.03 Å². The van der Waals surface area contributed by atoms with Gasteiger partial charge in [-0.3, -0.25) is 19.9 Å². The van der Waals surface area contributed by atoms with E-state index in [-0.39, 0.29) is 37.8 Å². The minimum absolute atomic E-state index is 0.155. The molecule has 2 N–H and O–H groups in total. The van der Waals surface area contributed by atoms with Crippen molar-refractivity contribution >= 4 is 17.8 Å². The summed E-state index contributed by atoms with van der Waals surface area (Å²) in [5.74, 6) is -0.131. The SMILES string of the molecule is O=C(CCN1CCC(=O)NC1=O)NCCOc1ccc(-c2ccncc2)nn1. The lowest BCUT2D eigenvalue weighted by atomic mass is 10.2. The van der Waals surface area contributed by atoms with Gasteiger partial charge in [0, 0.05) is 50.0 Å². The minimum atomic E-state index is -0.457. The van der Waals surface area contributed by atoms with Crippen molar-refractivity contribution in [1.29, 1.82) is 0 Å². The molecule has 1 saturated heterocycles. The Hall–Kier alpha value is -3.56. The molecule has 0 spiro atoms. The lowest BCUT2D eigenvalue weighted by Gasteiger charge is -2.26. The third-order valence-corrected chi connectivity index (χ3v) is 4.04. The van der Waals surface area contributed by atoms with Gasteiger partial charge in [-0.15, -0.1) is 10.2 Å². The van der Waals surface area contributed by atoms with Crippen LogP contribution in [0.5, 0.6) is 5.88 Å². The van der Waals surface area contributed by atoms with E-state index < -0.39 is 6.03 Å². The van der Waals surface area contributed by atoms with Crippen molar-refractivity contribution in [2.45, 2.75) is 12.8 Å². The number of pyridine rings is 1. The lowest BCUT2D eigenvalue weighted by Crippen LogP contribution is -2.50. The first-order valence-corrected chi connectivity index (χ1v) is 8.84. The molecule has 1 aliphatic heterocycles. The monoisotopic (exact) mass is 384 g/mol. The summed E-state index contributed by atoms with van der Waals surface area (Å²) in [5, 5.41) is 13.0. The number of hydrogen-bond acceptors (Lipinski definition) is 7. The zero-order valence-corrected chi connectivity index (χ0v) is 15.1. The van der Waals surface area contributed by atoms with Gasteiger partial charge in [0.2, 0.25) is 17.7 Å². The molecule has 3 rings (SSSR count). The van der Waals surface area contributed by atoms with E-state index in [0.29, 0.717) is 24.7 Å². The smallest absolute Gasteiger partial charge is 0.324 e. The fourth-order valence-corrected chi connectivity index (χ4v) is 2.56. The van der Waals surface area contributed by atoms with Crippen LogP contribution in [0.25, 0.3) is 11.3 Å². The first kappa shape index (κ1) is 19.2. The number of nitrogens with one attached hydrogen (secondary N) is 2. The number of hydrogen-bond donors (Lipinski definition) is 2. The van der Waals surface area contributed by atoms with Crippen molar-refractivity contribution in [3.8, 4) is 17.1 Å². The van der Waals surface area contributed by atoms with E-state index in [2.05, 4.69) is 25.8 Å². The number of ether oxygens (including phenoxy) is 1. The number of aromatic nitrogens is 3. The van der Waals surface area contributed by atoms with Gasteiger partial charge in [-0.05, 0) is 18.2 Å². The second kappa shape index (κ2) is 9.40. The summed E-state index contributed by atoms with van der Waals surface area (Å²) in [5.41, 5.74) is 1.62. The quantitative estimate of drug-likeness (QED) is 0.630. The van der Waals surface area contributed by atoms with Crippen LogP contribution in [0.15, 0.2) is 36.7 Å². The van der Waals surface area contributed by atoms with Crippen LogP contribution in [0, 0.1) is 0 Å². The Balaban J connectivity index is 1.33. The molecule has 0 aliphatic carbocycles. The summed E-state index contributed by atoms with van der Waals surface area (Å²) in [6, 6.07) is 6.73. The zero-order valence-electron chi connectivity index (χ0n) is 15.1. The summed E-state index contributed by atoms with van der Waals surface area (Å²) in [7, 11) is 0. The van der Waals surface area contributed by atoms with Crippen LogP contribution in [0.4, 0.5) is 4.79 Å². The lowest BCUT2D eigenvalue weighted by molar-refractivity contribution is -0.121. The van der Waals surface area contributed by atoms with Gasteiger partial charge in [0.15, 0.2) is 0 Å². The van der Waals surface area contributed by atoms with E-state index in [1.54, 1.807) is 24.5 Å². The number of carbonyl (C=O) groups excluding carboxylic acids is 3. The molecule has 0 aromatic carbocycles. The molecule has 0 saturated carbocycles. The molecule has 4 amide bonds. The number of imide groups is 1. The summed E-state index contributed by atoms with van der Waals surface area (Å²) >= 11 is 0. The van der Waals surface area contributed by atoms with Gasteiger partial charge in [-0.2, -0.15) is 0 Å². The van der Waals surface area contributed by atoms with Crippen LogP contribution >= 0.6 is 0 Å². The van der Waals surface area contributed by atoms with Gasteiger partial charge in [-0.25, -0.2) is 4.79 Å². The average molecular weight is 384 g/mol. The van der Waals surface area contributed by atoms with Crippen LogP contribution in [0.3, 0.4) is 0 Å². The first-order chi connectivity index (χ1) is 13.6. The van der Waals surface area contributed by atoms with Gasteiger partial charge in [0.05, 0.1) is 12.2 Å². The van der Waals surface area contributed by atoms with E-state index in [0.717, 1.165) is 5.56 Å². The average Bonchev–Trinajstić information content (AvgIpc) is 2.72. The summed E-state index contributed by atoms with van der Waals surface area (Å²) in [4.78, 5) is 39.9. The first-order valence-electron chi connectivity index (χ1n) is 8.84. The van der Waals surface area contributed by atoms with Crippen molar-refractivity contribution in [2.24, 2.45) is 0 Å². The third kappa shape index (κ3) is 5.47. The van der Waals surface area contributed by atoms with Crippen molar-refractivity contribution in [3.63, 3.8) is 0 Å². The third-order valence-electron chi connectivity index (χ3n) is 4.04. The molecule has 10 nitrogen and oxygen atoms in total. The molecule has 2 aromatic rings. The molecule has 1 aliphatic rings. The standard InChI is InChI=1S/C18H20N6O4/c25-15(5-10-24-11-6-16(26)21-18(24)27)20-9-12-28-17-2-1-14(22-23-17)13-3-7-19-8-4-13/h1-4,7-8H,5-6,9-12H2,(H,20,25)(H,21,26,27). The van der Waals surface area contributed by atoms with Crippen molar-refractivity contribution < 1.29 is 19.1 Å². The molecule has 0 bridgehead atoms. The molecule has 146 valence electrons. The molecular formula is C18H20N6O4. The maximum atomic E-state index is 11.8. The Morgan fingerprint density at radius 2 is 2.00 bits per heavy atom. The Labute approximate surface area is 161 Å². The fraction of sp³-hybridized carbons (Fsp3) is 0.333. The largest absolute Gasteiger partial charge is 0.475 e. The maximum Gasteiger partial charge on any atom is 0.324 e. The minimum Gasteiger partial charge on any atom is -0.475 e. The van der Waals surface area contributed by atoms with E-state index in [1.807, 2.05) is 12.1 Å². The van der Waals surface area contributed by atoms with Crippen molar-refractivity contribution in [3.05, 3.63) is 36.7 Å². The van der Waals surface area contributed by atoms with Crippen LogP contribution in [-0.2, 0) is 9.59 Å². The van der Waals surface area contributed by atoms with Crippen molar-refractivity contribution in [1.82, 2.24) is 30.7 Å². The molecule has 0 radical (unpaired) electrons.